The molecule has 0 N–H and O–H groups in total. The molecular weight excluding hydrogens is 1520 g/mol. The highest BCUT2D eigenvalue weighted by Crippen LogP contribution is 2.65. The Morgan fingerprint density at radius 3 is 0.729 bits per heavy atom. The average molecular weight is 1650 g/mol. The molecule has 4 atom stereocenters. The number of nitrogens with zero attached hydrogens (tertiary/aromatic N) is 1. The van der Waals surface area contributed by atoms with Crippen molar-refractivity contribution >= 4 is 38.7 Å². The van der Waals surface area contributed by atoms with E-state index in [2.05, 4.69) is 101 Å². The molecule has 5 heterocycles. The first-order chi connectivity index (χ1) is 57.9. The van der Waals surface area contributed by atoms with Crippen LogP contribution < -0.4 is 57.1 Å². The van der Waals surface area contributed by atoms with E-state index in [1.807, 2.05) is 115 Å². The molecule has 628 valence electrons. The molecule has 1 aliphatic carbocycles. The average Bonchev–Trinajstić information content (AvgIpc) is 0.720. The molecule has 8 bridgehead atoms. The van der Waals surface area contributed by atoms with E-state index in [0.717, 1.165) is 164 Å². The molecule has 9 aromatic rings. The first kappa shape index (κ1) is 86.4. The van der Waals surface area contributed by atoms with Gasteiger partial charge in [0.2, 0.25) is 0 Å². The van der Waals surface area contributed by atoms with Gasteiger partial charge in [-0.25, -0.2) is 18.3 Å². The number of aromatic nitrogens is 1. The smallest absolute Gasteiger partial charge is 0.450 e. The zero-order chi connectivity index (χ0) is 81.5. The van der Waals surface area contributed by atoms with Crippen molar-refractivity contribution in [3.8, 4) is 57.1 Å². The van der Waals surface area contributed by atoms with Crippen LogP contribution in [0.4, 0.5) is 0 Å². The van der Waals surface area contributed by atoms with Crippen LogP contribution in [0, 0.1) is 0 Å². The summed E-state index contributed by atoms with van der Waals surface area (Å²) >= 11 is 0. The van der Waals surface area contributed by atoms with Crippen LogP contribution in [-0.2, 0) is 20.7 Å². The Morgan fingerprint density at radius 1 is 0.254 bits per heavy atom. The van der Waals surface area contributed by atoms with Gasteiger partial charge in [0.05, 0.1) is 15.9 Å². The molecule has 0 fully saturated rings. The minimum atomic E-state index is -4.51. The van der Waals surface area contributed by atoms with Gasteiger partial charge in [0, 0.05) is 110 Å². The Hall–Kier alpha value is -8.00. The van der Waals surface area contributed by atoms with Gasteiger partial charge in [0.1, 0.15) is 53.0 Å². The second kappa shape index (κ2) is 42.5. The maximum absolute atomic E-state index is 17.1. The van der Waals surface area contributed by atoms with Gasteiger partial charge in [-0.15, -0.1) is 0 Å². The topological polar surface area (TPSA) is 129 Å². The lowest BCUT2D eigenvalue weighted by Crippen LogP contribution is -2.25. The van der Waals surface area contributed by atoms with Gasteiger partial charge in [0.15, 0.2) is 12.4 Å². The van der Waals surface area contributed by atoms with Crippen LogP contribution in [0.5, 0.6) is 46.0 Å². The van der Waals surface area contributed by atoms with E-state index in [0.29, 0.717) is 81.2 Å². The number of hydrogen-bond donors (Lipinski definition) is 0. The molecule has 0 spiro atoms. The van der Waals surface area contributed by atoms with Gasteiger partial charge in [-0.1, -0.05) is 338 Å². The zero-order valence-corrected chi connectivity index (χ0v) is 74.0. The molecule has 118 heavy (non-hydrogen) atoms. The lowest BCUT2D eigenvalue weighted by atomic mass is 9.76. The molecule has 14 rings (SSSR count). The van der Waals surface area contributed by atoms with Crippen molar-refractivity contribution < 1.29 is 54.9 Å². The maximum Gasteiger partial charge on any atom is 0.462 e. The Balaban J connectivity index is 1.06. The summed E-state index contributed by atoms with van der Waals surface area (Å²) in [6, 6.07) is 57.7. The van der Waals surface area contributed by atoms with Crippen LogP contribution in [0.1, 0.15) is 365 Å². The molecule has 0 radical (unpaired) electrons. The number of ether oxygens (including phenoxy) is 2. The summed E-state index contributed by atoms with van der Waals surface area (Å²) in [6.45, 7) is 9.12. The van der Waals surface area contributed by atoms with E-state index in [1.165, 1.54) is 135 Å². The first-order valence-electron chi connectivity index (χ1n) is 46.1. The molecular formula is C103H131NO11P3+. The normalized spacial score (nSPS) is 20.4. The molecule has 8 aromatic carbocycles. The van der Waals surface area contributed by atoms with Crippen molar-refractivity contribution in [2.75, 3.05) is 0 Å². The van der Waals surface area contributed by atoms with Crippen molar-refractivity contribution in [2.45, 2.75) is 314 Å². The SMILES string of the molecule is CCCCCCCCCCCC1c2cc3c4cc2OC(c2ccc(-c5cc[n+](C)cc5)cc2)Oc2cc5c(cc21)C(CCCCCCCCCCC)c1cc2c(cc1OP(=O)(c1ccccc1)O5)OP(=O)(c1ccccc1)Oc1cc(c(cc1C2CCCCCCCCCCC)C3CCCCCCCCCCC)OP(=O)(c1ccccc1)O4. The Bertz CT molecular complexity index is 4630. The molecule has 0 saturated heterocycles. The maximum atomic E-state index is 17.1. The van der Waals surface area contributed by atoms with E-state index < -0.39 is 46.8 Å². The third kappa shape index (κ3) is 21.5. The highest BCUT2D eigenvalue weighted by atomic mass is 31.2. The number of aryl methyl sites for hydroxylation is 1. The lowest BCUT2D eigenvalue weighted by molar-refractivity contribution is -0.671. The summed E-state index contributed by atoms with van der Waals surface area (Å²) in [5, 5.41) is 1.09. The van der Waals surface area contributed by atoms with Crippen LogP contribution in [0.2, 0.25) is 0 Å². The quantitative estimate of drug-likeness (QED) is 0.0205. The van der Waals surface area contributed by atoms with Crippen LogP contribution in [0.15, 0.2) is 188 Å². The summed E-state index contributed by atoms with van der Waals surface area (Å²) < 4.78 is 113. The molecule has 4 unspecified atom stereocenters. The summed E-state index contributed by atoms with van der Waals surface area (Å²) in [4.78, 5) is 0. The van der Waals surface area contributed by atoms with Gasteiger partial charge < -0.3 is 36.6 Å². The number of rotatable bonds is 45. The predicted molar refractivity (Wildman–Crippen MR) is 482 cm³/mol. The first-order valence-corrected chi connectivity index (χ1v) is 50.7. The summed E-state index contributed by atoms with van der Waals surface area (Å²) in [7, 11) is -11.4. The molecule has 12 nitrogen and oxygen atoms in total. The van der Waals surface area contributed by atoms with Gasteiger partial charge in [-0.2, -0.15) is 0 Å². The van der Waals surface area contributed by atoms with Crippen molar-refractivity contribution in [1.29, 1.82) is 0 Å². The minimum absolute atomic E-state index is 0.323. The molecule has 1 aromatic heterocycles. The fraction of sp³-hybridized carbons (Fsp3) is 0.485. The number of hydrogen-bond acceptors (Lipinski definition) is 11. The number of unbranched alkanes of at least 4 members (excludes halogenated alkanes) is 32. The van der Waals surface area contributed by atoms with E-state index in [9.17, 15) is 0 Å². The molecule has 5 aliphatic rings. The van der Waals surface area contributed by atoms with Crippen LogP contribution in [-0.4, -0.2) is 0 Å². The monoisotopic (exact) mass is 1650 g/mol. The zero-order valence-electron chi connectivity index (χ0n) is 71.3. The summed E-state index contributed by atoms with van der Waals surface area (Å²) in [5.41, 5.74) is 9.97. The van der Waals surface area contributed by atoms with Crippen molar-refractivity contribution in [3.05, 3.63) is 238 Å². The van der Waals surface area contributed by atoms with E-state index in [-0.39, 0.29) is 5.92 Å². The Kier molecular flexibility index (Phi) is 31.1. The molecule has 0 saturated carbocycles. The fourth-order valence-electron chi connectivity index (χ4n) is 18.7. The molecule has 0 amide bonds. The van der Waals surface area contributed by atoms with Crippen molar-refractivity contribution in [2.24, 2.45) is 7.05 Å². The highest BCUT2D eigenvalue weighted by molar-refractivity contribution is 7.63. The van der Waals surface area contributed by atoms with Crippen LogP contribution >= 0.6 is 22.8 Å². The van der Waals surface area contributed by atoms with Gasteiger partial charge >= 0.3 is 22.8 Å². The molecule has 4 aliphatic heterocycles. The Labute approximate surface area is 706 Å². The number of benzene rings is 8. The van der Waals surface area contributed by atoms with E-state index in [1.54, 1.807) is 12.1 Å². The van der Waals surface area contributed by atoms with Crippen LogP contribution in [0.3, 0.4) is 0 Å². The largest absolute Gasteiger partial charge is 0.462 e. The summed E-state index contributed by atoms with van der Waals surface area (Å²) in [5.74, 6) is 1.69. The fourth-order valence-corrected chi connectivity index (χ4v) is 23.5. The second-order valence-electron chi connectivity index (χ2n) is 34.4. The minimum Gasteiger partial charge on any atom is -0.450 e. The number of pyridine rings is 1. The van der Waals surface area contributed by atoms with Crippen molar-refractivity contribution in [1.82, 2.24) is 0 Å². The second-order valence-corrected chi connectivity index (χ2v) is 40.0. The van der Waals surface area contributed by atoms with Gasteiger partial charge in [0.25, 0.3) is 6.29 Å². The molecule has 15 heteroatoms. The standard InChI is InChI=1S/C103H131NO11P3/c1-6-10-14-18-22-26-30-34-47-57-83-87-69-89-84(58-48-35-31-27-23-19-15-11-7-2)91-71-93-86(60-50-37-33-29-25-21-17-13-9-4)94-72-92-85(59-49-36-32-28-24-20-16-12-8-3)90-70-88(83)96-74-98(90)111-117(106,81-53-43-39-44-54-81)113-100(92)76-102(94)115-118(107,82-55-45-40-46-56-82)114-101(93)75-99(91)112-116(105,80-51-41-38-42-52-80)110-97(89)73-95(87)108-103(109-96)79-63-61-77(62-64-79)78-65-67-104(5)68-66-78/h38-46,51-56,61-76,83-86,103H,6-37,47-50,57-60H2,1-5H3/q+1. The van der Waals surface area contributed by atoms with Crippen LogP contribution in [0.25, 0.3) is 11.1 Å². The Morgan fingerprint density at radius 2 is 0.475 bits per heavy atom. The third-order valence-corrected chi connectivity index (χ3v) is 30.9. The highest BCUT2D eigenvalue weighted by Gasteiger charge is 2.47. The van der Waals surface area contributed by atoms with E-state index >= 15 is 13.7 Å². The van der Waals surface area contributed by atoms with Gasteiger partial charge in [-0.05, 0) is 97.5 Å². The summed E-state index contributed by atoms with van der Waals surface area (Å²) in [6.07, 6.45) is 47.3. The van der Waals surface area contributed by atoms with Gasteiger partial charge in [-0.3, -0.25) is 0 Å². The third-order valence-electron chi connectivity index (χ3n) is 25.4. The van der Waals surface area contributed by atoms with Crippen molar-refractivity contribution in [3.63, 3.8) is 0 Å². The predicted octanol–water partition coefficient (Wildman–Crippen LogP) is 30.0. The lowest BCUT2D eigenvalue weighted by Gasteiger charge is -2.38. The van der Waals surface area contributed by atoms with E-state index in [4.69, 9.17) is 36.6 Å².